The summed E-state index contributed by atoms with van der Waals surface area (Å²) in [6.07, 6.45) is 0. The van der Waals surface area contributed by atoms with Gasteiger partial charge < -0.3 is 10.4 Å². The van der Waals surface area contributed by atoms with Gasteiger partial charge in [0.15, 0.2) is 0 Å². The minimum Gasteiger partial charge on any atom is -0.506 e. The number of phenols is 1. The van der Waals surface area contributed by atoms with Gasteiger partial charge in [0.25, 0.3) is 0 Å². The van der Waals surface area contributed by atoms with Crippen LogP contribution in [0.5, 0.6) is 5.75 Å². The van der Waals surface area contributed by atoms with Crippen LogP contribution < -0.4 is 5.32 Å². The highest BCUT2D eigenvalue weighted by Gasteiger charge is 2.12. The molecule has 1 atom stereocenters. The fourth-order valence-corrected chi connectivity index (χ4v) is 1.95. The lowest BCUT2D eigenvalue weighted by Crippen LogP contribution is -2.09. The van der Waals surface area contributed by atoms with Gasteiger partial charge in [0, 0.05) is 11.3 Å². The Balaban J connectivity index is 2.22. The first-order chi connectivity index (χ1) is 8.97. The SMILES string of the molecule is CC(Nc1ccc(O)c(Cl)c1)c1cc(F)ccc1F. The molecule has 2 nitrogen and oxygen atoms in total. The van der Waals surface area contributed by atoms with Crippen molar-refractivity contribution < 1.29 is 13.9 Å². The van der Waals surface area contributed by atoms with Gasteiger partial charge in [-0.1, -0.05) is 11.6 Å². The molecule has 2 aromatic carbocycles. The van der Waals surface area contributed by atoms with E-state index in [2.05, 4.69) is 5.32 Å². The van der Waals surface area contributed by atoms with E-state index in [0.717, 1.165) is 18.2 Å². The summed E-state index contributed by atoms with van der Waals surface area (Å²) in [5.41, 5.74) is 0.836. The Morgan fingerprint density at radius 1 is 1.16 bits per heavy atom. The third kappa shape index (κ3) is 3.15. The lowest BCUT2D eigenvalue weighted by Gasteiger charge is -2.17. The molecule has 0 aromatic heterocycles. The van der Waals surface area contributed by atoms with Crippen molar-refractivity contribution in [1.29, 1.82) is 0 Å². The predicted octanol–water partition coefficient (Wildman–Crippen LogP) is 4.50. The summed E-state index contributed by atoms with van der Waals surface area (Å²) in [5, 5.41) is 12.5. The van der Waals surface area contributed by atoms with Crippen LogP contribution in [0.3, 0.4) is 0 Å². The van der Waals surface area contributed by atoms with Gasteiger partial charge in [-0.15, -0.1) is 0 Å². The third-order valence-electron chi connectivity index (χ3n) is 2.76. The highest BCUT2D eigenvalue weighted by Crippen LogP contribution is 2.29. The van der Waals surface area contributed by atoms with Gasteiger partial charge in [-0.2, -0.15) is 0 Å². The Morgan fingerprint density at radius 2 is 1.89 bits per heavy atom. The van der Waals surface area contributed by atoms with E-state index in [9.17, 15) is 13.9 Å². The highest BCUT2D eigenvalue weighted by molar-refractivity contribution is 6.32. The summed E-state index contributed by atoms with van der Waals surface area (Å²) in [6, 6.07) is 7.43. The zero-order valence-electron chi connectivity index (χ0n) is 10.1. The van der Waals surface area contributed by atoms with Crippen LogP contribution in [-0.2, 0) is 0 Å². The van der Waals surface area contributed by atoms with Gasteiger partial charge in [-0.3, -0.25) is 0 Å². The first kappa shape index (κ1) is 13.6. The number of benzene rings is 2. The van der Waals surface area contributed by atoms with E-state index in [1.165, 1.54) is 12.1 Å². The Hall–Kier alpha value is -1.81. The minimum absolute atomic E-state index is 0.0307. The van der Waals surface area contributed by atoms with Crippen LogP contribution in [-0.4, -0.2) is 5.11 Å². The molecule has 0 saturated heterocycles. The van der Waals surface area contributed by atoms with Crippen LogP contribution in [0.2, 0.25) is 5.02 Å². The van der Waals surface area contributed by atoms with Crippen molar-refractivity contribution in [3.05, 3.63) is 58.6 Å². The summed E-state index contributed by atoms with van der Waals surface area (Å²) >= 11 is 5.78. The second kappa shape index (κ2) is 5.45. The van der Waals surface area contributed by atoms with E-state index in [4.69, 9.17) is 11.6 Å². The van der Waals surface area contributed by atoms with Crippen molar-refractivity contribution in [1.82, 2.24) is 0 Å². The summed E-state index contributed by atoms with van der Waals surface area (Å²) in [5.74, 6) is -1.00. The average Bonchev–Trinajstić information content (AvgIpc) is 2.36. The van der Waals surface area contributed by atoms with Crippen molar-refractivity contribution in [3.63, 3.8) is 0 Å². The number of rotatable bonds is 3. The molecule has 19 heavy (non-hydrogen) atoms. The lowest BCUT2D eigenvalue weighted by atomic mass is 10.1. The van der Waals surface area contributed by atoms with Crippen molar-refractivity contribution in [2.75, 3.05) is 5.32 Å². The number of hydrogen-bond acceptors (Lipinski definition) is 2. The second-order valence-electron chi connectivity index (χ2n) is 4.20. The van der Waals surface area contributed by atoms with Gasteiger partial charge in [-0.25, -0.2) is 8.78 Å². The Labute approximate surface area is 114 Å². The molecule has 2 N–H and O–H groups in total. The van der Waals surface area contributed by atoms with Crippen LogP contribution in [0.25, 0.3) is 0 Å². The number of aromatic hydroxyl groups is 1. The molecule has 0 aliphatic carbocycles. The van der Waals surface area contributed by atoms with Gasteiger partial charge >= 0.3 is 0 Å². The normalized spacial score (nSPS) is 12.2. The number of phenolic OH excluding ortho intramolecular Hbond substituents is 1. The van der Waals surface area contributed by atoms with Gasteiger partial charge in [-0.05, 0) is 43.3 Å². The average molecular weight is 284 g/mol. The van der Waals surface area contributed by atoms with Crippen molar-refractivity contribution in [3.8, 4) is 5.75 Å². The number of nitrogens with one attached hydrogen (secondary N) is 1. The van der Waals surface area contributed by atoms with E-state index in [-0.39, 0.29) is 16.3 Å². The molecular formula is C14H12ClF2NO. The highest BCUT2D eigenvalue weighted by atomic mass is 35.5. The number of halogens is 3. The Bertz CT molecular complexity index is 604. The van der Waals surface area contributed by atoms with Crippen LogP contribution in [0.15, 0.2) is 36.4 Å². The van der Waals surface area contributed by atoms with E-state index in [0.29, 0.717) is 5.69 Å². The van der Waals surface area contributed by atoms with Crippen LogP contribution >= 0.6 is 11.6 Å². The maximum absolute atomic E-state index is 13.6. The zero-order chi connectivity index (χ0) is 14.0. The molecular weight excluding hydrogens is 272 g/mol. The predicted molar refractivity (Wildman–Crippen MR) is 71.5 cm³/mol. The Kier molecular flexibility index (Phi) is 3.90. The summed E-state index contributed by atoms with van der Waals surface area (Å²) in [4.78, 5) is 0. The Morgan fingerprint density at radius 3 is 2.58 bits per heavy atom. The van der Waals surface area contributed by atoms with Gasteiger partial charge in [0.05, 0.1) is 11.1 Å². The quantitative estimate of drug-likeness (QED) is 0.813. The van der Waals surface area contributed by atoms with Gasteiger partial charge in [0.1, 0.15) is 17.4 Å². The van der Waals surface area contributed by atoms with E-state index < -0.39 is 17.7 Å². The molecule has 0 amide bonds. The van der Waals surface area contributed by atoms with Crippen molar-refractivity contribution in [2.24, 2.45) is 0 Å². The molecule has 0 heterocycles. The molecule has 0 bridgehead atoms. The molecule has 0 radical (unpaired) electrons. The molecule has 2 rings (SSSR count). The molecule has 5 heteroatoms. The van der Waals surface area contributed by atoms with Crippen LogP contribution in [0.1, 0.15) is 18.5 Å². The molecule has 0 aliphatic heterocycles. The standard InChI is InChI=1S/C14H12ClF2NO/c1-8(11-6-9(16)2-4-13(11)17)18-10-3-5-14(19)12(15)7-10/h2-8,18-19H,1H3. The number of anilines is 1. The largest absolute Gasteiger partial charge is 0.506 e. The summed E-state index contributed by atoms with van der Waals surface area (Å²) in [6.45, 7) is 1.71. The fraction of sp³-hybridized carbons (Fsp3) is 0.143. The molecule has 0 fully saturated rings. The monoisotopic (exact) mass is 283 g/mol. The van der Waals surface area contributed by atoms with Gasteiger partial charge in [0.2, 0.25) is 0 Å². The first-order valence-corrected chi connectivity index (χ1v) is 6.05. The molecule has 0 saturated carbocycles. The maximum Gasteiger partial charge on any atom is 0.134 e. The molecule has 1 unspecified atom stereocenters. The number of hydrogen-bond donors (Lipinski definition) is 2. The van der Waals surface area contributed by atoms with E-state index in [1.54, 1.807) is 13.0 Å². The molecule has 100 valence electrons. The smallest absolute Gasteiger partial charge is 0.134 e. The summed E-state index contributed by atoms with van der Waals surface area (Å²) in [7, 11) is 0. The van der Waals surface area contributed by atoms with Crippen LogP contribution in [0, 0.1) is 11.6 Å². The van der Waals surface area contributed by atoms with E-state index in [1.807, 2.05) is 0 Å². The van der Waals surface area contributed by atoms with Crippen molar-refractivity contribution >= 4 is 17.3 Å². The maximum atomic E-state index is 13.6. The first-order valence-electron chi connectivity index (χ1n) is 5.67. The topological polar surface area (TPSA) is 32.3 Å². The molecule has 2 aromatic rings. The summed E-state index contributed by atoms with van der Waals surface area (Å²) < 4.78 is 26.7. The van der Waals surface area contributed by atoms with Crippen molar-refractivity contribution in [2.45, 2.75) is 13.0 Å². The molecule has 0 aliphatic rings. The second-order valence-corrected chi connectivity index (χ2v) is 4.61. The van der Waals surface area contributed by atoms with E-state index >= 15 is 0 Å². The lowest BCUT2D eigenvalue weighted by molar-refractivity contribution is 0.475. The minimum atomic E-state index is -0.492. The molecule has 0 spiro atoms. The zero-order valence-corrected chi connectivity index (χ0v) is 10.9. The van der Waals surface area contributed by atoms with Crippen LogP contribution in [0.4, 0.5) is 14.5 Å². The fourth-order valence-electron chi connectivity index (χ4n) is 1.77. The third-order valence-corrected chi connectivity index (χ3v) is 3.06.